The first-order valence-corrected chi connectivity index (χ1v) is 4.83. The van der Waals surface area contributed by atoms with Crippen molar-refractivity contribution in [2.24, 2.45) is 0 Å². The minimum absolute atomic E-state index is 0.222. The Morgan fingerprint density at radius 1 is 1.24 bits per heavy atom. The molecule has 0 amide bonds. The molecule has 0 aliphatic carbocycles. The summed E-state index contributed by atoms with van der Waals surface area (Å²) in [5, 5.41) is 0. The minimum atomic E-state index is -1.28. The van der Waals surface area contributed by atoms with Crippen molar-refractivity contribution < 1.29 is 22.7 Å². The van der Waals surface area contributed by atoms with Crippen molar-refractivity contribution in [1.29, 1.82) is 0 Å². The highest BCUT2D eigenvalue weighted by atomic mass is 19.2. The fourth-order valence-corrected chi connectivity index (χ4v) is 1.04. The number of esters is 1. The number of hydrogen-bond donors (Lipinski definition) is 0. The molecule has 1 aromatic carbocycles. The maximum Gasteiger partial charge on any atom is 0.317 e. The fraction of sp³-hybridized carbons (Fsp3) is 0.250. The quantitative estimate of drug-likeness (QED) is 0.452. The summed E-state index contributed by atoms with van der Waals surface area (Å²) < 4.78 is 43.0. The van der Waals surface area contributed by atoms with E-state index in [1.807, 2.05) is 0 Å². The zero-order valence-electron chi connectivity index (χ0n) is 9.02. The first-order valence-electron chi connectivity index (χ1n) is 4.83. The predicted octanol–water partition coefficient (Wildman–Crippen LogP) is 2.41. The van der Waals surface area contributed by atoms with Gasteiger partial charge >= 0.3 is 5.97 Å². The topological polar surface area (TPSA) is 26.3 Å². The average Bonchev–Trinajstić information content (AvgIpc) is 2.26. The highest BCUT2D eigenvalue weighted by molar-refractivity contribution is 5.72. The summed E-state index contributed by atoms with van der Waals surface area (Å²) in [6.45, 7) is 1.86. The second kappa shape index (κ2) is 5.94. The van der Waals surface area contributed by atoms with Crippen LogP contribution in [-0.4, -0.2) is 12.6 Å². The number of carbonyl (C=O) groups excluding carboxylic acids is 1. The van der Waals surface area contributed by atoms with E-state index in [4.69, 9.17) is 0 Å². The number of rotatable bonds is 2. The van der Waals surface area contributed by atoms with E-state index in [0.717, 1.165) is 0 Å². The van der Waals surface area contributed by atoms with Gasteiger partial charge in [-0.25, -0.2) is 13.2 Å². The van der Waals surface area contributed by atoms with Crippen LogP contribution in [0.5, 0.6) is 0 Å². The normalized spacial score (nSPS) is 9.41. The second-order valence-electron chi connectivity index (χ2n) is 3.03. The van der Waals surface area contributed by atoms with Gasteiger partial charge in [-0.15, -0.1) is 0 Å². The monoisotopic (exact) mass is 242 g/mol. The molecular weight excluding hydrogens is 233 g/mol. The molecule has 0 bridgehead atoms. The third-order valence-electron chi connectivity index (χ3n) is 1.77. The molecule has 5 heteroatoms. The lowest BCUT2D eigenvalue weighted by Gasteiger charge is -1.97. The van der Waals surface area contributed by atoms with E-state index in [1.165, 1.54) is 0 Å². The number of carbonyl (C=O) groups is 1. The summed E-state index contributed by atoms with van der Waals surface area (Å²) in [4.78, 5) is 10.9. The summed E-state index contributed by atoms with van der Waals surface area (Å²) in [5.74, 6) is 0.566. The molecule has 0 aliphatic rings. The molecule has 0 saturated heterocycles. The Labute approximate surface area is 96.4 Å². The van der Waals surface area contributed by atoms with Crippen LogP contribution in [0.25, 0.3) is 0 Å². The molecule has 0 heterocycles. The fourth-order valence-electron chi connectivity index (χ4n) is 1.04. The van der Waals surface area contributed by atoms with E-state index < -0.39 is 23.4 Å². The molecule has 0 aliphatic heterocycles. The Morgan fingerprint density at radius 2 is 1.88 bits per heavy atom. The summed E-state index contributed by atoms with van der Waals surface area (Å²) in [5.41, 5.74) is -0.298. The molecular formula is C12H9F3O2. The first kappa shape index (κ1) is 13.1. The maximum absolute atomic E-state index is 13.1. The van der Waals surface area contributed by atoms with E-state index in [-0.39, 0.29) is 18.6 Å². The summed E-state index contributed by atoms with van der Waals surface area (Å²) in [7, 11) is 0. The lowest BCUT2D eigenvalue weighted by molar-refractivity contribution is -0.141. The van der Waals surface area contributed by atoms with Crippen LogP contribution in [0, 0.1) is 29.3 Å². The van der Waals surface area contributed by atoms with Crippen molar-refractivity contribution in [2.75, 3.05) is 6.61 Å². The Balaban J connectivity index is 2.79. The van der Waals surface area contributed by atoms with Gasteiger partial charge in [0.05, 0.1) is 12.2 Å². The third-order valence-corrected chi connectivity index (χ3v) is 1.77. The van der Waals surface area contributed by atoms with E-state index in [0.29, 0.717) is 12.1 Å². The molecule has 90 valence electrons. The van der Waals surface area contributed by atoms with Gasteiger partial charge in [0.25, 0.3) is 0 Å². The second-order valence-corrected chi connectivity index (χ2v) is 3.03. The van der Waals surface area contributed by atoms with Gasteiger partial charge in [0.2, 0.25) is 0 Å². The predicted molar refractivity (Wildman–Crippen MR) is 54.4 cm³/mol. The van der Waals surface area contributed by atoms with Gasteiger partial charge in [0.1, 0.15) is 12.2 Å². The first-order chi connectivity index (χ1) is 8.04. The molecule has 0 radical (unpaired) electrons. The largest absolute Gasteiger partial charge is 0.465 e. The Morgan fingerprint density at radius 3 is 2.53 bits per heavy atom. The molecule has 0 saturated carbocycles. The van der Waals surface area contributed by atoms with Gasteiger partial charge < -0.3 is 4.74 Å². The van der Waals surface area contributed by atoms with Gasteiger partial charge in [0, 0.05) is 6.07 Å². The number of hydrogen-bond acceptors (Lipinski definition) is 2. The molecule has 0 spiro atoms. The average molecular weight is 242 g/mol. The molecule has 2 nitrogen and oxygen atoms in total. The van der Waals surface area contributed by atoms with E-state index in [9.17, 15) is 18.0 Å². The summed E-state index contributed by atoms with van der Waals surface area (Å²) in [6.07, 6.45) is -0.230. The van der Waals surface area contributed by atoms with Crippen molar-refractivity contribution in [3.8, 4) is 11.8 Å². The van der Waals surface area contributed by atoms with Gasteiger partial charge in [-0.2, -0.15) is 0 Å². The lowest BCUT2D eigenvalue weighted by Crippen LogP contribution is -2.01. The highest BCUT2D eigenvalue weighted by Gasteiger charge is 2.07. The van der Waals surface area contributed by atoms with Gasteiger partial charge in [-0.3, -0.25) is 4.79 Å². The standard InChI is InChI=1S/C12H9F3O2/c1-2-17-12(16)5-3-4-8-6-10(14)11(15)7-9(8)13/h6-7H,2,5H2,1H3. The Hall–Kier alpha value is -1.96. The smallest absolute Gasteiger partial charge is 0.317 e. The van der Waals surface area contributed by atoms with Crippen LogP contribution in [0.2, 0.25) is 0 Å². The molecule has 0 unspecified atom stereocenters. The van der Waals surface area contributed by atoms with Gasteiger partial charge in [-0.05, 0) is 13.0 Å². The summed E-state index contributed by atoms with van der Waals surface area (Å²) >= 11 is 0. The molecule has 0 N–H and O–H groups in total. The SMILES string of the molecule is CCOC(=O)CC#Cc1cc(F)c(F)cc1F. The van der Waals surface area contributed by atoms with Gasteiger partial charge in [-0.1, -0.05) is 11.8 Å². The molecule has 17 heavy (non-hydrogen) atoms. The van der Waals surface area contributed by atoms with E-state index in [2.05, 4.69) is 16.6 Å². The van der Waals surface area contributed by atoms with Crippen molar-refractivity contribution in [3.05, 3.63) is 35.1 Å². The van der Waals surface area contributed by atoms with Crippen LogP contribution in [0.3, 0.4) is 0 Å². The van der Waals surface area contributed by atoms with Crippen LogP contribution >= 0.6 is 0 Å². The number of ether oxygens (including phenoxy) is 1. The molecule has 1 rings (SSSR count). The zero-order valence-corrected chi connectivity index (χ0v) is 9.02. The number of halogens is 3. The Bertz CT molecular complexity index is 487. The van der Waals surface area contributed by atoms with Crippen molar-refractivity contribution in [1.82, 2.24) is 0 Å². The maximum atomic E-state index is 13.1. The van der Waals surface area contributed by atoms with Crippen molar-refractivity contribution in [2.45, 2.75) is 13.3 Å². The van der Waals surface area contributed by atoms with Crippen molar-refractivity contribution in [3.63, 3.8) is 0 Å². The zero-order chi connectivity index (χ0) is 12.8. The minimum Gasteiger partial charge on any atom is -0.465 e. The van der Waals surface area contributed by atoms with Crippen molar-refractivity contribution >= 4 is 5.97 Å². The highest BCUT2D eigenvalue weighted by Crippen LogP contribution is 2.12. The molecule has 0 fully saturated rings. The Kier molecular flexibility index (Phi) is 4.58. The molecule has 1 aromatic rings. The van der Waals surface area contributed by atoms with E-state index >= 15 is 0 Å². The van der Waals surface area contributed by atoms with Crippen LogP contribution in [0.1, 0.15) is 18.9 Å². The van der Waals surface area contributed by atoms with Gasteiger partial charge in [0.15, 0.2) is 11.6 Å². The van der Waals surface area contributed by atoms with Crippen LogP contribution in [0.15, 0.2) is 12.1 Å². The van der Waals surface area contributed by atoms with E-state index in [1.54, 1.807) is 6.92 Å². The van der Waals surface area contributed by atoms with Crippen LogP contribution in [-0.2, 0) is 9.53 Å². The molecule has 0 aromatic heterocycles. The van der Waals surface area contributed by atoms with Crippen LogP contribution < -0.4 is 0 Å². The third kappa shape index (κ3) is 3.83. The number of benzene rings is 1. The summed E-state index contributed by atoms with van der Waals surface area (Å²) in [6, 6.07) is 1.05. The van der Waals surface area contributed by atoms with Crippen LogP contribution in [0.4, 0.5) is 13.2 Å². The molecule has 0 atom stereocenters. The lowest BCUT2D eigenvalue weighted by atomic mass is 10.2.